The van der Waals surface area contributed by atoms with Gasteiger partial charge in [-0.25, -0.2) is 14.6 Å². The number of ether oxygens (including phenoxy) is 2. The summed E-state index contributed by atoms with van der Waals surface area (Å²) in [6.07, 6.45) is -1.81. The van der Waals surface area contributed by atoms with E-state index in [1.807, 2.05) is 25.1 Å². The molecule has 1 aliphatic carbocycles. The first-order valence-corrected chi connectivity index (χ1v) is 18.4. The highest BCUT2D eigenvalue weighted by Gasteiger charge is 2.51. The number of benzene rings is 3. The van der Waals surface area contributed by atoms with Crippen molar-refractivity contribution in [1.82, 2.24) is 14.5 Å². The smallest absolute Gasteiger partial charge is 0.355 e. The molecule has 60 heavy (non-hydrogen) atoms. The molecule has 3 aromatic carbocycles. The zero-order valence-corrected chi connectivity index (χ0v) is 32.5. The lowest BCUT2D eigenvalue weighted by molar-refractivity contribution is -0.393. The van der Waals surface area contributed by atoms with Crippen molar-refractivity contribution in [2.24, 2.45) is 5.16 Å². The Labute approximate surface area is 337 Å². The molecule has 5 aromatic rings. The van der Waals surface area contributed by atoms with E-state index in [-0.39, 0.29) is 63.4 Å². The standard InChI is InChI=1S/C40H33N7O13/c1-6-40(28-14-31-35-20(15-44(31)37(49)27(28)17-58-39(40)51)10-23-26(16-43(4)5)32(48)8-7-29(23)41-35)59-38(50)19(3)60-42-36-24-11-21(45(52)53)9-18(2)33(24)34-25(36)12-22(46(54)55)13-30(34)47(56)57/h7-14,19,48H,6,15-17H2,1-5H3/b42-36-/t19-,40+/m1/s1. The maximum Gasteiger partial charge on any atom is 0.355 e. The number of oxime groups is 1. The molecule has 4 heterocycles. The molecule has 306 valence electrons. The fourth-order valence-corrected chi connectivity index (χ4v) is 8.12. The van der Waals surface area contributed by atoms with Crippen LogP contribution in [0.2, 0.25) is 0 Å². The molecule has 3 aliphatic rings. The second-order valence-electron chi connectivity index (χ2n) is 14.9. The van der Waals surface area contributed by atoms with Gasteiger partial charge in [-0.3, -0.25) is 35.1 Å². The summed E-state index contributed by atoms with van der Waals surface area (Å²) in [6, 6.07) is 10.7. The molecule has 0 saturated carbocycles. The number of esters is 2. The first-order valence-electron chi connectivity index (χ1n) is 18.4. The maximum absolute atomic E-state index is 14.1. The lowest BCUT2D eigenvalue weighted by Gasteiger charge is -2.36. The number of non-ortho nitro benzene ring substituents is 2. The molecule has 0 amide bonds. The summed E-state index contributed by atoms with van der Waals surface area (Å²) in [7, 11) is 3.73. The van der Waals surface area contributed by atoms with Crippen LogP contribution >= 0.6 is 0 Å². The lowest BCUT2D eigenvalue weighted by atomic mass is 9.85. The van der Waals surface area contributed by atoms with Crippen molar-refractivity contribution in [2.75, 3.05) is 14.1 Å². The average Bonchev–Trinajstić information content (AvgIpc) is 3.73. The van der Waals surface area contributed by atoms with E-state index in [0.717, 1.165) is 18.2 Å². The van der Waals surface area contributed by atoms with Gasteiger partial charge in [0, 0.05) is 63.5 Å². The number of carbonyl (C=O) groups is 2. The van der Waals surface area contributed by atoms with Crippen molar-refractivity contribution in [2.45, 2.75) is 58.6 Å². The van der Waals surface area contributed by atoms with Gasteiger partial charge in [0.15, 0.2) is 0 Å². The van der Waals surface area contributed by atoms with Gasteiger partial charge >= 0.3 is 11.9 Å². The number of rotatable bonds is 10. The number of hydrogen-bond acceptors (Lipinski definition) is 16. The summed E-state index contributed by atoms with van der Waals surface area (Å²) in [5.41, 5.74) is -1.62. The topological polar surface area (TPSA) is 262 Å². The minimum absolute atomic E-state index is 0.0163. The number of aromatic hydroxyl groups is 1. The number of fused-ring (bicyclic) bond motifs is 8. The van der Waals surface area contributed by atoms with E-state index in [1.165, 1.54) is 24.5 Å². The normalized spacial score (nSPS) is 17.0. The molecular formula is C40H33N7O13. The maximum atomic E-state index is 14.1. The molecule has 0 unspecified atom stereocenters. The highest BCUT2D eigenvalue weighted by atomic mass is 16.7. The van der Waals surface area contributed by atoms with Crippen LogP contribution in [0.25, 0.3) is 33.4 Å². The largest absolute Gasteiger partial charge is 0.508 e. The molecule has 0 fully saturated rings. The van der Waals surface area contributed by atoms with Gasteiger partial charge in [-0.1, -0.05) is 12.1 Å². The minimum atomic E-state index is -2.14. The number of nitro groups is 3. The molecule has 0 bridgehead atoms. The zero-order chi connectivity index (χ0) is 43.1. The highest BCUT2D eigenvalue weighted by Crippen LogP contribution is 2.48. The summed E-state index contributed by atoms with van der Waals surface area (Å²) >= 11 is 0. The fraction of sp³-hybridized carbons (Fsp3) is 0.275. The number of hydrogen-bond donors (Lipinski definition) is 1. The van der Waals surface area contributed by atoms with Crippen LogP contribution in [0, 0.1) is 37.3 Å². The van der Waals surface area contributed by atoms with Crippen molar-refractivity contribution in [1.29, 1.82) is 0 Å². The number of pyridine rings is 2. The Morgan fingerprint density at radius 3 is 2.35 bits per heavy atom. The molecule has 1 N–H and O–H groups in total. The van der Waals surface area contributed by atoms with Gasteiger partial charge in [-0.2, -0.15) is 0 Å². The van der Waals surface area contributed by atoms with E-state index in [0.29, 0.717) is 40.0 Å². The Hall–Kier alpha value is -7.61. The number of phenols is 1. The van der Waals surface area contributed by atoms with E-state index < -0.39 is 67.6 Å². The first kappa shape index (κ1) is 39.2. The predicted octanol–water partition coefficient (Wildman–Crippen LogP) is 5.27. The molecule has 20 nitrogen and oxygen atoms in total. The monoisotopic (exact) mass is 819 g/mol. The Kier molecular flexibility index (Phi) is 9.18. The van der Waals surface area contributed by atoms with Crippen LogP contribution in [0.15, 0.2) is 58.5 Å². The first-order chi connectivity index (χ1) is 28.4. The number of aromatic nitrogens is 2. The predicted molar refractivity (Wildman–Crippen MR) is 210 cm³/mol. The number of carbonyl (C=O) groups excluding carboxylic acids is 2. The van der Waals surface area contributed by atoms with Crippen LogP contribution in [-0.4, -0.2) is 72.2 Å². The van der Waals surface area contributed by atoms with E-state index >= 15 is 0 Å². The Morgan fingerprint density at radius 2 is 1.70 bits per heavy atom. The fourth-order valence-electron chi connectivity index (χ4n) is 8.12. The quantitative estimate of drug-likeness (QED) is 0.105. The Morgan fingerprint density at radius 1 is 1.02 bits per heavy atom. The summed E-state index contributed by atoms with van der Waals surface area (Å²) in [5.74, 6) is -2.01. The van der Waals surface area contributed by atoms with Gasteiger partial charge in [-0.05, 0) is 64.2 Å². The van der Waals surface area contributed by atoms with E-state index in [2.05, 4.69) is 5.16 Å². The molecule has 0 spiro atoms. The van der Waals surface area contributed by atoms with Gasteiger partial charge in [0.05, 0.1) is 55.4 Å². The second kappa shape index (κ2) is 14.0. The molecular weight excluding hydrogens is 786 g/mol. The number of phenolic OH excluding ortho intramolecular Hbond substituents is 1. The molecule has 0 radical (unpaired) electrons. The van der Waals surface area contributed by atoms with Crippen molar-refractivity contribution < 1.29 is 43.8 Å². The average molecular weight is 820 g/mol. The molecule has 2 aliphatic heterocycles. The third kappa shape index (κ3) is 5.98. The van der Waals surface area contributed by atoms with Crippen molar-refractivity contribution >= 4 is 45.6 Å². The number of cyclic esters (lactones) is 1. The summed E-state index contributed by atoms with van der Waals surface area (Å²) in [4.78, 5) is 87.5. The van der Waals surface area contributed by atoms with Crippen LogP contribution in [0.5, 0.6) is 5.75 Å². The SMILES string of the molecule is CC[C@@]1(OC(=O)[C@@H](C)O/N=C2/c3cc([N+](=O)[O-])cc(C)c3-c3c2cc([N+](=O)[O-])cc3[N+](=O)[O-])C(=O)OCc2c1cc1n(c2=O)Cc2cc3c(CN(C)C)c(O)ccc3nc2-1. The van der Waals surface area contributed by atoms with E-state index in [1.54, 1.807) is 25.1 Å². The summed E-state index contributed by atoms with van der Waals surface area (Å²) < 4.78 is 12.9. The van der Waals surface area contributed by atoms with Gasteiger partial charge < -0.3 is 28.9 Å². The van der Waals surface area contributed by atoms with Crippen molar-refractivity contribution in [3.63, 3.8) is 0 Å². The van der Waals surface area contributed by atoms with E-state index in [9.17, 15) is 49.8 Å². The third-order valence-electron chi connectivity index (χ3n) is 10.9. The third-order valence-corrected chi connectivity index (χ3v) is 10.9. The number of aryl methyl sites for hydroxylation is 1. The lowest BCUT2D eigenvalue weighted by Crippen LogP contribution is -2.48. The van der Waals surface area contributed by atoms with E-state index in [4.69, 9.17) is 19.3 Å². The molecule has 20 heteroatoms. The second-order valence-corrected chi connectivity index (χ2v) is 14.9. The molecule has 8 rings (SSSR count). The summed E-state index contributed by atoms with van der Waals surface area (Å²) in [5, 5.41) is 51.3. The minimum Gasteiger partial charge on any atom is -0.508 e. The van der Waals surface area contributed by atoms with Gasteiger partial charge in [-0.15, -0.1) is 0 Å². The number of nitro benzene ring substituents is 3. The Bertz CT molecular complexity index is 2900. The Balaban J connectivity index is 1.17. The van der Waals surface area contributed by atoms with Crippen LogP contribution in [0.3, 0.4) is 0 Å². The van der Waals surface area contributed by atoms with Gasteiger partial charge in [0.25, 0.3) is 22.6 Å². The van der Waals surface area contributed by atoms with Gasteiger partial charge in [0.1, 0.15) is 18.1 Å². The highest BCUT2D eigenvalue weighted by molar-refractivity contribution is 6.26. The van der Waals surface area contributed by atoms with Crippen molar-refractivity contribution in [3.8, 4) is 28.3 Å². The zero-order valence-electron chi connectivity index (χ0n) is 32.5. The van der Waals surface area contributed by atoms with Crippen molar-refractivity contribution in [3.05, 3.63) is 128 Å². The van der Waals surface area contributed by atoms with Crippen LogP contribution < -0.4 is 5.56 Å². The molecule has 0 saturated heterocycles. The van der Waals surface area contributed by atoms with Crippen LogP contribution in [0.4, 0.5) is 17.1 Å². The molecule has 2 aromatic heterocycles. The van der Waals surface area contributed by atoms with Crippen LogP contribution in [0.1, 0.15) is 59.2 Å². The van der Waals surface area contributed by atoms with Gasteiger partial charge in [0.2, 0.25) is 11.7 Å². The number of nitrogens with zero attached hydrogens (tertiary/aromatic N) is 7. The van der Waals surface area contributed by atoms with Crippen LogP contribution in [-0.2, 0) is 49.2 Å². The summed E-state index contributed by atoms with van der Waals surface area (Å²) in [6.45, 7) is 4.41. The molecule has 2 atom stereocenters.